The molecule has 0 unspecified atom stereocenters. The maximum Gasteiger partial charge on any atom is 0.329 e. The predicted octanol–water partition coefficient (Wildman–Crippen LogP) is 6.54. The van der Waals surface area contributed by atoms with Gasteiger partial charge in [0.05, 0.1) is 7.11 Å². The number of fused-ring (bicyclic) bond motifs is 2. The molecule has 0 radical (unpaired) electrons. The van der Waals surface area contributed by atoms with Crippen molar-refractivity contribution in [1.29, 1.82) is 0 Å². The van der Waals surface area contributed by atoms with Crippen LogP contribution in [0.1, 0.15) is 48.3 Å². The minimum atomic E-state index is -0.964. The number of nitrogens with one attached hydrogen (secondary N) is 1. The molecule has 1 spiro atoms. The molecule has 0 aromatic heterocycles. The molecule has 5 heteroatoms. The van der Waals surface area contributed by atoms with Gasteiger partial charge in [-0.3, -0.25) is 0 Å². The molecule has 0 heterocycles. The zero-order valence-electron chi connectivity index (χ0n) is 18.7. The third-order valence-corrected chi connectivity index (χ3v) is 8.27. The zero-order chi connectivity index (χ0) is 23.1. The van der Waals surface area contributed by atoms with Crippen LogP contribution in [-0.2, 0) is 16.6 Å². The molecule has 4 nitrogen and oxygen atoms in total. The largest absolute Gasteiger partial charge is 0.497 e. The van der Waals surface area contributed by atoms with Crippen molar-refractivity contribution in [3.63, 3.8) is 0 Å². The van der Waals surface area contributed by atoms with Gasteiger partial charge in [0.2, 0.25) is 0 Å². The van der Waals surface area contributed by atoms with Crippen molar-refractivity contribution in [2.75, 3.05) is 12.4 Å². The Morgan fingerprint density at radius 3 is 2.39 bits per heavy atom. The van der Waals surface area contributed by atoms with Gasteiger partial charge < -0.3 is 15.2 Å². The number of methoxy groups -OCH3 is 1. The van der Waals surface area contributed by atoms with E-state index in [-0.39, 0.29) is 5.41 Å². The second-order valence-electron chi connectivity index (χ2n) is 9.37. The lowest BCUT2D eigenvalue weighted by molar-refractivity contribution is -0.144. The van der Waals surface area contributed by atoms with E-state index in [9.17, 15) is 9.90 Å². The van der Waals surface area contributed by atoms with Crippen LogP contribution in [0, 0.1) is 0 Å². The van der Waals surface area contributed by atoms with Crippen LogP contribution in [0.25, 0.3) is 0 Å². The summed E-state index contributed by atoms with van der Waals surface area (Å²) in [6.07, 6.45) is 3.80. The maximum atomic E-state index is 12.5. The summed E-state index contributed by atoms with van der Waals surface area (Å²) in [5.74, 6) is 0.415. The number of hydrogen-bond acceptors (Lipinski definition) is 3. The standard InChI is InChI=1S/C28H28BrNO3/c1-33-23-11-9-19(10-12-23)25-17-20-5-2-3-8-24(20)27(25)13-15-28(16-14-27,26(31)32)30-22-7-4-6-21(29)18-22/h2-12,18,25,30H,13-17H2,1H3,(H,31,32)/t25-,27?,28?/m1/s1. The van der Waals surface area contributed by atoms with Gasteiger partial charge in [-0.1, -0.05) is 58.4 Å². The number of ether oxygens (including phenoxy) is 1. The van der Waals surface area contributed by atoms with Gasteiger partial charge in [-0.05, 0) is 85.0 Å². The molecule has 1 fully saturated rings. The quantitative estimate of drug-likeness (QED) is 0.412. The van der Waals surface area contributed by atoms with Gasteiger partial charge in [0.1, 0.15) is 11.3 Å². The number of hydrogen-bond donors (Lipinski definition) is 2. The van der Waals surface area contributed by atoms with Crippen LogP contribution in [0.15, 0.2) is 77.3 Å². The molecular weight excluding hydrogens is 478 g/mol. The highest BCUT2D eigenvalue weighted by molar-refractivity contribution is 9.10. The van der Waals surface area contributed by atoms with Crippen LogP contribution in [0.3, 0.4) is 0 Å². The molecule has 3 aromatic rings. The Morgan fingerprint density at radius 1 is 1.00 bits per heavy atom. The molecule has 5 rings (SSSR count). The Morgan fingerprint density at radius 2 is 1.73 bits per heavy atom. The number of aliphatic carboxylic acids is 1. The molecule has 2 aliphatic rings. The normalized spacial score (nSPS) is 26.1. The highest BCUT2D eigenvalue weighted by Crippen LogP contribution is 2.58. The second-order valence-corrected chi connectivity index (χ2v) is 10.3. The molecule has 3 aromatic carbocycles. The lowest BCUT2D eigenvalue weighted by Gasteiger charge is -2.47. The third-order valence-electron chi connectivity index (χ3n) is 7.78. The van der Waals surface area contributed by atoms with Crippen LogP contribution in [-0.4, -0.2) is 23.7 Å². The lowest BCUT2D eigenvalue weighted by Crippen LogP contribution is -2.52. The van der Waals surface area contributed by atoms with E-state index in [4.69, 9.17) is 4.74 Å². The second kappa shape index (κ2) is 8.53. The topological polar surface area (TPSA) is 58.6 Å². The van der Waals surface area contributed by atoms with Gasteiger partial charge in [0, 0.05) is 15.6 Å². The van der Waals surface area contributed by atoms with Crippen LogP contribution >= 0.6 is 15.9 Å². The van der Waals surface area contributed by atoms with E-state index in [0.29, 0.717) is 18.8 Å². The smallest absolute Gasteiger partial charge is 0.329 e. The van der Waals surface area contributed by atoms with E-state index < -0.39 is 11.5 Å². The average Bonchev–Trinajstić information content (AvgIpc) is 3.15. The summed E-state index contributed by atoms with van der Waals surface area (Å²) in [6.45, 7) is 0. The predicted molar refractivity (Wildman–Crippen MR) is 134 cm³/mol. The van der Waals surface area contributed by atoms with Crippen LogP contribution in [0.2, 0.25) is 0 Å². The summed E-state index contributed by atoms with van der Waals surface area (Å²) in [6, 6.07) is 24.9. The van der Waals surface area contributed by atoms with Crippen molar-refractivity contribution < 1.29 is 14.6 Å². The first-order valence-corrected chi connectivity index (χ1v) is 12.2. The van der Waals surface area contributed by atoms with Gasteiger partial charge >= 0.3 is 5.97 Å². The van der Waals surface area contributed by atoms with E-state index in [1.807, 2.05) is 36.4 Å². The maximum absolute atomic E-state index is 12.5. The number of halogens is 1. The SMILES string of the molecule is COc1ccc([C@H]2Cc3ccccc3C23CCC(Nc2cccc(Br)c2)(C(=O)O)CC3)cc1. The first-order valence-electron chi connectivity index (χ1n) is 11.5. The number of carboxylic acid groups (broad SMARTS) is 1. The van der Waals surface area contributed by atoms with Crippen molar-refractivity contribution in [2.45, 2.75) is 49.0 Å². The van der Waals surface area contributed by atoms with Crippen molar-refractivity contribution >= 4 is 27.6 Å². The van der Waals surface area contributed by atoms with Gasteiger partial charge in [-0.15, -0.1) is 0 Å². The molecule has 0 amide bonds. The minimum Gasteiger partial charge on any atom is -0.497 e. The van der Waals surface area contributed by atoms with E-state index in [0.717, 1.165) is 35.2 Å². The Kier molecular flexibility index (Phi) is 5.69. The Bertz CT molecular complexity index is 1170. The van der Waals surface area contributed by atoms with Gasteiger partial charge in [0.15, 0.2) is 0 Å². The number of carbonyl (C=O) groups is 1. The molecule has 33 heavy (non-hydrogen) atoms. The summed E-state index contributed by atoms with van der Waals surface area (Å²) in [7, 11) is 1.69. The summed E-state index contributed by atoms with van der Waals surface area (Å²) < 4.78 is 6.31. The van der Waals surface area contributed by atoms with E-state index >= 15 is 0 Å². The first-order chi connectivity index (χ1) is 16.0. The zero-order valence-corrected chi connectivity index (χ0v) is 20.3. The number of rotatable bonds is 5. The number of benzene rings is 3. The molecule has 1 atom stereocenters. The van der Waals surface area contributed by atoms with Crippen LogP contribution in [0.5, 0.6) is 5.75 Å². The fraction of sp³-hybridized carbons (Fsp3) is 0.321. The molecule has 2 N–H and O–H groups in total. The van der Waals surface area contributed by atoms with Gasteiger partial charge in [0.25, 0.3) is 0 Å². The van der Waals surface area contributed by atoms with Crippen LogP contribution < -0.4 is 10.1 Å². The summed E-state index contributed by atoms with van der Waals surface area (Å²) >= 11 is 3.50. The molecule has 1 saturated carbocycles. The third kappa shape index (κ3) is 3.82. The van der Waals surface area contributed by atoms with Gasteiger partial charge in [-0.25, -0.2) is 4.79 Å². The number of carboxylic acids is 1. The summed E-state index contributed by atoms with van der Waals surface area (Å²) in [5, 5.41) is 13.7. The fourth-order valence-corrected chi connectivity index (χ4v) is 6.43. The van der Waals surface area contributed by atoms with Crippen molar-refractivity contribution in [3.05, 3.63) is 94.0 Å². The molecule has 170 valence electrons. The highest BCUT2D eigenvalue weighted by Gasteiger charge is 2.54. The van der Waals surface area contributed by atoms with Crippen molar-refractivity contribution in [3.8, 4) is 5.75 Å². The Hall–Kier alpha value is -2.79. The monoisotopic (exact) mass is 505 g/mol. The lowest BCUT2D eigenvalue weighted by atomic mass is 9.59. The minimum absolute atomic E-state index is 0.0525. The van der Waals surface area contributed by atoms with Crippen LogP contribution in [0.4, 0.5) is 5.69 Å². The van der Waals surface area contributed by atoms with E-state index in [2.05, 4.69) is 57.6 Å². The van der Waals surface area contributed by atoms with Crippen molar-refractivity contribution in [1.82, 2.24) is 0 Å². The van der Waals surface area contributed by atoms with E-state index in [1.165, 1.54) is 16.7 Å². The molecule has 0 bridgehead atoms. The van der Waals surface area contributed by atoms with Gasteiger partial charge in [-0.2, -0.15) is 0 Å². The Balaban J connectivity index is 1.49. The molecule has 0 aliphatic heterocycles. The molecular formula is C28H28BrNO3. The highest BCUT2D eigenvalue weighted by atomic mass is 79.9. The Labute approximate surface area is 203 Å². The molecule has 0 saturated heterocycles. The summed E-state index contributed by atoms with van der Waals surface area (Å²) in [4.78, 5) is 12.5. The summed E-state index contributed by atoms with van der Waals surface area (Å²) in [5.41, 5.74) is 3.90. The van der Waals surface area contributed by atoms with E-state index in [1.54, 1.807) is 7.11 Å². The number of anilines is 1. The first kappa shape index (κ1) is 22.0. The molecule has 2 aliphatic carbocycles. The van der Waals surface area contributed by atoms with Crippen molar-refractivity contribution in [2.24, 2.45) is 0 Å². The fourth-order valence-electron chi connectivity index (χ4n) is 6.04. The average molecular weight is 506 g/mol.